The first-order valence-electron chi connectivity index (χ1n) is 14.4. The van der Waals surface area contributed by atoms with Crippen LogP contribution in [-0.4, -0.2) is 14.4 Å². The number of ether oxygens (including phenoxy) is 2. The van der Waals surface area contributed by atoms with Crippen LogP contribution in [0.4, 0.5) is 17.1 Å². The highest BCUT2D eigenvalue weighted by atomic mass is 127. The molecule has 0 spiro atoms. The molecule has 0 saturated heterocycles. The Labute approximate surface area is 316 Å². The Hall–Kier alpha value is -3.15. The van der Waals surface area contributed by atoms with Gasteiger partial charge in [-0.3, -0.25) is 0 Å². The lowest BCUT2D eigenvalue weighted by Gasteiger charge is -2.33. The third kappa shape index (κ3) is 6.15. The summed E-state index contributed by atoms with van der Waals surface area (Å²) in [5, 5.41) is 4.27. The molecule has 9 rings (SSSR count). The van der Waals surface area contributed by atoms with Gasteiger partial charge >= 0.3 is 0 Å². The quantitative estimate of drug-likeness (QED) is 0.121. The zero-order valence-corrected chi connectivity index (χ0v) is 31.8. The van der Waals surface area contributed by atoms with E-state index in [4.69, 9.17) is 44.3 Å². The fourth-order valence-corrected chi connectivity index (χ4v) is 6.69. The second-order valence-electron chi connectivity index (χ2n) is 10.1. The smallest absolute Gasteiger partial charge is 0.152 e. The summed E-state index contributed by atoms with van der Waals surface area (Å²) in [7, 11) is 0. The van der Waals surface area contributed by atoms with Crippen LogP contribution < -0.4 is 14.4 Å². The van der Waals surface area contributed by atoms with Crippen molar-refractivity contribution in [3.63, 3.8) is 0 Å². The van der Waals surface area contributed by atoms with Crippen molar-refractivity contribution in [3.05, 3.63) is 142 Å². The predicted molar refractivity (Wildman–Crippen MR) is 217 cm³/mol. The van der Waals surface area contributed by atoms with Crippen molar-refractivity contribution in [2.75, 3.05) is 14.8 Å². The maximum Gasteiger partial charge on any atom is 0.152 e. The van der Waals surface area contributed by atoms with Crippen LogP contribution in [0.15, 0.2) is 127 Å². The Morgan fingerprint density at radius 2 is 0.830 bits per heavy atom. The number of fused-ring (bicyclic) bond motifs is 7. The number of hydrogen-bond acceptors (Lipinski definition) is 3. The SMILES string of the molecule is CI.CI.Clc1cccc(Cl)c1N1c2ccccc2Oc2ccccc21.Clc1cccc2c3cccc4c3n(c12)-c1ccccc1O4. The number of para-hydroxylation sites is 9. The summed E-state index contributed by atoms with van der Waals surface area (Å²) in [5.74, 6) is 3.28. The molecule has 0 atom stereocenters. The van der Waals surface area contributed by atoms with E-state index in [1.54, 1.807) is 0 Å². The summed E-state index contributed by atoms with van der Waals surface area (Å²) in [6.45, 7) is 0. The van der Waals surface area contributed by atoms with Gasteiger partial charge in [0.05, 0.1) is 48.9 Å². The average molecular weight is 904 g/mol. The van der Waals surface area contributed by atoms with Crippen LogP contribution >= 0.6 is 80.0 Å². The van der Waals surface area contributed by atoms with Crippen LogP contribution in [0.25, 0.3) is 27.5 Å². The van der Waals surface area contributed by atoms with E-state index in [2.05, 4.69) is 67.9 Å². The third-order valence-electron chi connectivity index (χ3n) is 7.64. The van der Waals surface area contributed by atoms with Gasteiger partial charge in [-0.15, -0.1) is 0 Å². The molecule has 0 saturated carbocycles. The van der Waals surface area contributed by atoms with Gasteiger partial charge in [-0.05, 0) is 70.5 Å². The molecular weight excluding hydrogens is 877 g/mol. The standard InChI is InChI=1S/C18H11Cl2NO.C18H10ClNO.2CH3I/c19-12-6-5-7-13(20)18(12)21-14-8-1-3-10-16(14)22-17-11-4-2-9-15(17)21;19-13-7-3-5-11-12-6-4-10-16-18(12)20(17(11)13)14-8-1-2-9-15(14)21-16;2*1-2/h1-11H;1-10H;2*1H3. The van der Waals surface area contributed by atoms with Gasteiger partial charge in [0, 0.05) is 10.8 Å². The maximum atomic E-state index is 6.49. The predicted octanol–water partition coefficient (Wildman–Crippen LogP) is 14.2. The van der Waals surface area contributed by atoms with Crippen LogP contribution in [0.1, 0.15) is 0 Å². The van der Waals surface area contributed by atoms with Crippen molar-refractivity contribution in [2.45, 2.75) is 0 Å². The molecule has 236 valence electrons. The summed E-state index contributed by atoms with van der Waals surface area (Å²) in [4.78, 5) is 5.98. The normalized spacial score (nSPS) is 11.6. The van der Waals surface area contributed by atoms with Crippen molar-refractivity contribution < 1.29 is 9.47 Å². The minimum absolute atomic E-state index is 0.596. The first-order chi connectivity index (χ1) is 23.1. The minimum Gasteiger partial charge on any atom is -0.453 e. The fourth-order valence-electron chi connectivity index (χ4n) is 5.86. The second kappa shape index (κ2) is 15.0. The van der Waals surface area contributed by atoms with Crippen molar-refractivity contribution in [2.24, 2.45) is 0 Å². The number of benzene rings is 6. The van der Waals surface area contributed by atoms with E-state index < -0.39 is 0 Å². The molecule has 0 bridgehead atoms. The third-order valence-corrected chi connectivity index (χ3v) is 8.56. The molecule has 4 nitrogen and oxygen atoms in total. The molecule has 0 amide bonds. The van der Waals surface area contributed by atoms with E-state index >= 15 is 0 Å². The first kappa shape index (κ1) is 33.7. The van der Waals surface area contributed by atoms with Crippen molar-refractivity contribution in [1.82, 2.24) is 4.57 Å². The number of hydrogen-bond donors (Lipinski definition) is 0. The number of aromatic nitrogens is 1. The molecule has 1 aromatic heterocycles. The van der Waals surface area contributed by atoms with Gasteiger partial charge in [-0.1, -0.05) is 147 Å². The summed E-state index contributed by atoms with van der Waals surface area (Å²) in [6.07, 6.45) is 0. The molecule has 2 aliphatic rings. The molecule has 9 heteroatoms. The van der Waals surface area contributed by atoms with E-state index in [0.29, 0.717) is 10.0 Å². The van der Waals surface area contributed by atoms with Gasteiger partial charge < -0.3 is 18.9 Å². The second-order valence-corrected chi connectivity index (χ2v) is 11.4. The van der Waals surface area contributed by atoms with Crippen molar-refractivity contribution >= 4 is 119 Å². The Balaban J connectivity index is 0.000000149. The van der Waals surface area contributed by atoms with E-state index in [9.17, 15) is 0 Å². The highest BCUT2D eigenvalue weighted by Crippen LogP contribution is 2.53. The molecule has 0 unspecified atom stereocenters. The number of rotatable bonds is 1. The van der Waals surface area contributed by atoms with Crippen LogP contribution in [0.2, 0.25) is 15.1 Å². The van der Waals surface area contributed by atoms with Crippen molar-refractivity contribution in [1.29, 1.82) is 0 Å². The van der Waals surface area contributed by atoms with Crippen LogP contribution in [-0.2, 0) is 0 Å². The first-order valence-corrected chi connectivity index (χ1v) is 19.9. The number of alkyl halides is 2. The van der Waals surface area contributed by atoms with Gasteiger partial charge in [0.1, 0.15) is 0 Å². The van der Waals surface area contributed by atoms with Crippen LogP contribution in [0.5, 0.6) is 23.0 Å². The van der Waals surface area contributed by atoms with E-state index in [1.807, 2.05) is 124 Å². The highest BCUT2D eigenvalue weighted by Gasteiger charge is 2.28. The zero-order chi connectivity index (χ0) is 33.1. The van der Waals surface area contributed by atoms with E-state index in [-0.39, 0.29) is 0 Å². The zero-order valence-electron chi connectivity index (χ0n) is 25.2. The Kier molecular flexibility index (Phi) is 10.7. The molecule has 0 aliphatic carbocycles. The van der Waals surface area contributed by atoms with Crippen molar-refractivity contribution in [3.8, 4) is 28.7 Å². The maximum absolute atomic E-state index is 6.49. The summed E-state index contributed by atoms with van der Waals surface area (Å²) in [5.41, 5.74) is 5.74. The molecule has 2 aliphatic heterocycles. The molecule has 3 heterocycles. The molecule has 6 aromatic carbocycles. The lowest BCUT2D eigenvalue weighted by Crippen LogP contribution is -2.16. The number of nitrogens with zero attached hydrogens (tertiary/aromatic N) is 2. The summed E-state index contributed by atoms with van der Waals surface area (Å²) >= 11 is 23.7. The van der Waals surface area contributed by atoms with Crippen LogP contribution in [0, 0.1) is 0 Å². The number of halogens is 5. The Morgan fingerprint density at radius 3 is 1.43 bits per heavy atom. The van der Waals surface area contributed by atoms with Crippen LogP contribution in [0.3, 0.4) is 0 Å². The van der Waals surface area contributed by atoms with E-state index in [0.717, 1.165) is 67.2 Å². The van der Waals surface area contributed by atoms with Gasteiger partial charge in [0.25, 0.3) is 0 Å². The Bertz CT molecular complexity index is 2130. The average Bonchev–Trinajstić information content (AvgIpc) is 3.47. The molecular formula is C38H27Cl3I2N2O2. The summed E-state index contributed by atoms with van der Waals surface area (Å²) < 4.78 is 14.2. The largest absolute Gasteiger partial charge is 0.453 e. The van der Waals surface area contributed by atoms with E-state index in [1.165, 1.54) is 5.39 Å². The lowest BCUT2D eigenvalue weighted by atomic mass is 10.1. The molecule has 47 heavy (non-hydrogen) atoms. The lowest BCUT2D eigenvalue weighted by molar-refractivity contribution is 0.476. The molecule has 0 fully saturated rings. The highest BCUT2D eigenvalue weighted by molar-refractivity contribution is 14.1. The minimum atomic E-state index is 0.596. The van der Waals surface area contributed by atoms with Gasteiger partial charge in [-0.25, -0.2) is 0 Å². The Morgan fingerprint density at radius 1 is 0.426 bits per heavy atom. The monoisotopic (exact) mass is 902 g/mol. The molecule has 7 aromatic rings. The topological polar surface area (TPSA) is 26.6 Å². The molecule has 0 radical (unpaired) electrons. The van der Waals surface area contributed by atoms with Gasteiger partial charge in [-0.2, -0.15) is 0 Å². The fraction of sp³-hybridized carbons (Fsp3) is 0.0526. The molecule has 0 N–H and O–H groups in total. The number of anilines is 3. The van der Waals surface area contributed by atoms with Gasteiger partial charge in [0.15, 0.2) is 23.0 Å². The van der Waals surface area contributed by atoms with Gasteiger partial charge in [0.2, 0.25) is 0 Å². The summed E-state index contributed by atoms with van der Waals surface area (Å²) in [6, 6.07) is 41.4.